The highest BCUT2D eigenvalue weighted by Gasteiger charge is 2.40. The molecule has 1 aromatic heterocycles. The normalized spacial score (nSPS) is 18.7. The third kappa shape index (κ3) is 1.26. The summed E-state index contributed by atoms with van der Waals surface area (Å²) in [7, 11) is 0. The van der Waals surface area contributed by atoms with E-state index < -0.39 is 23.7 Å². The Kier molecular flexibility index (Phi) is 2.16. The standard InChI is InChI=1S/C10H6FN3O2/c1-4-7(11)6-5(3-13-4)9(15)14-10(16)8(6)12-2/h3,8H,1H3,(H,14,15,16). The van der Waals surface area contributed by atoms with E-state index in [1.165, 1.54) is 13.1 Å². The Balaban J connectivity index is 2.76. The number of amides is 2. The highest BCUT2D eigenvalue weighted by atomic mass is 19.1. The maximum Gasteiger partial charge on any atom is 0.329 e. The molecule has 1 N–H and O–H groups in total. The fraction of sp³-hybridized carbons (Fsp3) is 0.200. The number of imide groups is 1. The van der Waals surface area contributed by atoms with E-state index in [4.69, 9.17) is 6.57 Å². The first-order valence-corrected chi connectivity index (χ1v) is 4.43. The number of aromatic nitrogens is 1. The summed E-state index contributed by atoms with van der Waals surface area (Å²) in [6, 6.07) is -1.31. The lowest BCUT2D eigenvalue weighted by Crippen LogP contribution is -2.40. The van der Waals surface area contributed by atoms with E-state index in [1.807, 2.05) is 5.32 Å². The minimum Gasteiger partial charge on any atom is -0.298 e. The molecule has 1 aliphatic heterocycles. The highest BCUT2D eigenvalue weighted by Crippen LogP contribution is 2.29. The van der Waals surface area contributed by atoms with Crippen molar-refractivity contribution in [3.05, 3.63) is 40.3 Å². The van der Waals surface area contributed by atoms with Crippen LogP contribution in [0, 0.1) is 19.3 Å². The van der Waals surface area contributed by atoms with Crippen molar-refractivity contribution in [2.24, 2.45) is 0 Å². The molecule has 80 valence electrons. The predicted molar refractivity (Wildman–Crippen MR) is 50.7 cm³/mol. The lowest BCUT2D eigenvalue weighted by molar-refractivity contribution is -0.121. The van der Waals surface area contributed by atoms with Crippen LogP contribution in [0.3, 0.4) is 0 Å². The van der Waals surface area contributed by atoms with Gasteiger partial charge in [0, 0.05) is 6.20 Å². The summed E-state index contributed by atoms with van der Waals surface area (Å²) in [5.74, 6) is -2.27. The molecule has 16 heavy (non-hydrogen) atoms. The van der Waals surface area contributed by atoms with Crippen molar-refractivity contribution in [3.8, 4) is 0 Å². The number of nitrogens with one attached hydrogen (secondary N) is 1. The second kappa shape index (κ2) is 3.38. The van der Waals surface area contributed by atoms with Crippen molar-refractivity contribution in [1.82, 2.24) is 10.3 Å². The molecule has 0 bridgehead atoms. The van der Waals surface area contributed by atoms with Crippen LogP contribution < -0.4 is 5.32 Å². The maximum atomic E-state index is 13.7. The van der Waals surface area contributed by atoms with Crippen molar-refractivity contribution in [1.29, 1.82) is 0 Å². The van der Waals surface area contributed by atoms with Gasteiger partial charge in [0.05, 0.1) is 16.8 Å². The molecule has 1 aliphatic rings. The smallest absolute Gasteiger partial charge is 0.298 e. The molecule has 2 heterocycles. The number of carbonyl (C=O) groups is 2. The average Bonchev–Trinajstić information content (AvgIpc) is 2.24. The van der Waals surface area contributed by atoms with E-state index in [-0.39, 0.29) is 16.8 Å². The molecule has 0 radical (unpaired) electrons. The Bertz CT molecular complexity index is 548. The predicted octanol–water partition coefficient (Wildman–Crippen LogP) is 0.760. The molecule has 6 heteroatoms. The molecule has 0 spiro atoms. The van der Waals surface area contributed by atoms with Gasteiger partial charge in [-0.05, 0) is 6.92 Å². The van der Waals surface area contributed by atoms with Crippen LogP contribution in [0.1, 0.15) is 27.7 Å². The molecule has 0 saturated heterocycles. The maximum absolute atomic E-state index is 13.7. The van der Waals surface area contributed by atoms with Crippen LogP contribution in [-0.2, 0) is 4.79 Å². The van der Waals surface area contributed by atoms with Gasteiger partial charge in [-0.25, -0.2) is 11.0 Å². The molecule has 2 rings (SSSR count). The van der Waals surface area contributed by atoms with Crippen LogP contribution in [0.15, 0.2) is 6.20 Å². The molecule has 1 atom stereocenters. The first kappa shape index (κ1) is 10.2. The number of hydrogen-bond donors (Lipinski definition) is 1. The number of fused-ring (bicyclic) bond motifs is 1. The van der Waals surface area contributed by atoms with E-state index >= 15 is 0 Å². The highest BCUT2D eigenvalue weighted by molar-refractivity contribution is 6.11. The number of aryl methyl sites for hydroxylation is 1. The summed E-state index contributed by atoms with van der Waals surface area (Å²) in [6.07, 6.45) is 1.17. The summed E-state index contributed by atoms with van der Waals surface area (Å²) >= 11 is 0. The molecular formula is C10H6FN3O2. The van der Waals surface area contributed by atoms with Gasteiger partial charge in [0.1, 0.15) is 0 Å². The summed E-state index contributed by atoms with van der Waals surface area (Å²) in [5.41, 5.74) is -0.158. The Morgan fingerprint density at radius 2 is 2.25 bits per heavy atom. The van der Waals surface area contributed by atoms with Crippen LogP contribution in [0.25, 0.3) is 4.85 Å². The second-order valence-electron chi connectivity index (χ2n) is 3.33. The fourth-order valence-electron chi connectivity index (χ4n) is 1.55. The quantitative estimate of drug-likeness (QED) is 0.517. The number of halogens is 1. The van der Waals surface area contributed by atoms with Crippen molar-refractivity contribution < 1.29 is 14.0 Å². The Labute approximate surface area is 90.1 Å². The van der Waals surface area contributed by atoms with E-state index in [9.17, 15) is 14.0 Å². The van der Waals surface area contributed by atoms with Crippen LogP contribution in [-0.4, -0.2) is 16.8 Å². The lowest BCUT2D eigenvalue weighted by Gasteiger charge is -2.17. The van der Waals surface area contributed by atoms with Gasteiger partial charge >= 0.3 is 11.9 Å². The molecule has 1 aromatic rings. The topological polar surface area (TPSA) is 63.4 Å². The molecular weight excluding hydrogens is 213 g/mol. The Morgan fingerprint density at radius 1 is 1.56 bits per heavy atom. The average molecular weight is 219 g/mol. The van der Waals surface area contributed by atoms with Crippen molar-refractivity contribution in [2.75, 3.05) is 0 Å². The molecule has 0 fully saturated rings. The molecule has 0 saturated carbocycles. The monoisotopic (exact) mass is 219 g/mol. The van der Waals surface area contributed by atoms with E-state index in [2.05, 4.69) is 9.83 Å². The van der Waals surface area contributed by atoms with Gasteiger partial charge in [-0.3, -0.25) is 24.7 Å². The van der Waals surface area contributed by atoms with E-state index in [1.54, 1.807) is 0 Å². The van der Waals surface area contributed by atoms with E-state index in [0.29, 0.717) is 0 Å². The minimum atomic E-state index is -1.31. The minimum absolute atomic E-state index is 0.0521. The molecule has 1 unspecified atom stereocenters. The number of pyridine rings is 1. The van der Waals surface area contributed by atoms with Gasteiger partial charge in [0.25, 0.3) is 5.91 Å². The van der Waals surface area contributed by atoms with Gasteiger partial charge in [-0.2, -0.15) is 0 Å². The third-order valence-corrected chi connectivity index (χ3v) is 2.36. The summed E-state index contributed by atoms with van der Waals surface area (Å²) in [5, 5.41) is 1.98. The van der Waals surface area contributed by atoms with Crippen LogP contribution in [0.4, 0.5) is 4.39 Å². The van der Waals surface area contributed by atoms with E-state index in [0.717, 1.165) is 0 Å². The number of carbonyl (C=O) groups excluding carboxylic acids is 2. The van der Waals surface area contributed by atoms with Gasteiger partial charge < -0.3 is 0 Å². The largest absolute Gasteiger partial charge is 0.329 e. The van der Waals surface area contributed by atoms with Crippen molar-refractivity contribution in [2.45, 2.75) is 13.0 Å². The summed E-state index contributed by atoms with van der Waals surface area (Å²) in [4.78, 5) is 29.4. The van der Waals surface area contributed by atoms with Gasteiger partial charge in [-0.1, -0.05) is 0 Å². The van der Waals surface area contributed by atoms with Gasteiger partial charge in [0.2, 0.25) is 0 Å². The van der Waals surface area contributed by atoms with Crippen LogP contribution >= 0.6 is 0 Å². The summed E-state index contributed by atoms with van der Waals surface area (Å²) in [6.45, 7) is 8.27. The molecule has 0 aliphatic carbocycles. The first-order valence-electron chi connectivity index (χ1n) is 4.43. The SMILES string of the molecule is [C-]#[N+]C1C(=O)NC(=O)c2cnc(C)c(F)c21. The van der Waals surface area contributed by atoms with Crippen LogP contribution in [0.2, 0.25) is 0 Å². The Hall–Kier alpha value is -2.29. The van der Waals surface area contributed by atoms with Crippen molar-refractivity contribution >= 4 is 11.8 Å². The van der Waals surface area contributed by atoms with Gasteiger partial charge in [-0.15, -0.1) is 0 Å². The molecule has 2 amide bonds. The third-order valence-electron chi connectivity index (χ3n) is 2.36. The molecule has 5 nitrogen and oxygen atoms in total. The molecule has 0 aromatic carbocycles. The lowest BCUT2D eigenvalue weighted by atomic mass is 9.96. The zero-order chi connectivity index (χ0) is 11.9. The Morgan fingerprint density at radius 3 is 2.88 bits per heavy atom. The van der Waals surface area contributed by atoms with Crippen LogP contribution in [0.5, 0.6) is 0 Å². The number of rotatable bonds is 0. The zero-order valence-corrected chi connectivity index (χ0v) is 8.24. The fourth-order valence-corrected chi connectivity index (χ4v) is 1.55. The van der Waals surface area contributed by atoms with Gasteiger partial charge in [0.15, 0.2) is 5.82 Å². The number of hydrogen-bond acceptors (Lipinski definition) is 3. The second-order valence-corrected chi connectivity index (χ2v) is 3.33. The summed E-state index contributed by atoms with van der Waals surface area (Å²) < 4.78 is 13.7. The first-order chi connectivity index (χ1) is 7.56. The zero-order valence-electron chi connectivity index (χ0n) is 8.24. The number of nitrogens with zero attached hydrogens (tertiary/aromatic N) is 2. The van der Waals surface area contributed by atoms with Crippen molar-refractivity contribution in [3.63, 3.8) is 0 Å².